The van der Waals surface area contributed by atoms with E-state index in [1.54, 1.807) is 39.0 Å². The van der Waals surface area contributed by atoms with Gasteiger partial charge in [0.05, 0.1) is 23.5 Å². The van der Waals surface area contributed by atoms with Crippen LogP contribution >= 0.6 is 0 Å². The number of carbonyl (C=O) groups is 7. The third-order valence-electron chi connectivity index (χ3n) is 13.8. The molecule has 0 spiro atoms. The molecule has 3 saturated carbocycles. The number of methoxy groups -OCH3 is 1. The normalized spacial score (nSPS) is 44.6. The summed E-state index contributed by atoms with van der Waals surface area (Å²) >= 11 is 0. The maximum Gasteiger partial charge on any atom is 0.342 e. The summed E-state index contributed by atoms with van der Waals surface area (Å²) < 4.78 is 47.7. The molecule has 2 heterocycles. The predicted octanol–water partition coefficient (Wildman–Crippen LogP) is 2.23. The molecule has 0 aromatic rings. The molecule has 4 aliphatic carbocycles. The summed E-state index contributed by atoms with van der Waals surface area (Å²) in [5, 5.41) is 13.6. The van der Waals surface area contributed by atoms with Crippen LogP contribution in [0, 0.1) is 39.4 Å². The van der Waals surface area contributed by atoms with Crippen LogP contribution in [0.3, 0.4) is 0 Å². The Bertz CT molecular complexity index is 1850. The minimum atomic E-state index is -2.09. The second-order valence-corrected chi connectivity index (χ2v) is 16.7. The fraction of sp³-hybridized carbons (Fsp3) is 0.675. The first-order valence-corrected chi connectivity index (χ1v) is 18.5. The smallest absolute Gasteiger partial charge is 0.342 e. The van der Waals surface area contributed by atoms with Crippen molar-refractivity contribution in [2.24, 2.45) is 39.4 Å². The van der Waals surface area contributed by atoms with E-state index >= 15 is 0 Å². The van der Waals surface area contributed by atoms with Crippen LogP contribution in [-0.4, -0.2) is 108 Å². The SMILES string of the molecule is C=C1C[C@@]2(O)[C@@H]3C=C[C@]4(C)[C@H]([C@H](OC(C)=O)[C@H](OC(C)=O)[C@@]5(C(C)OC(C)=O)COC(=O)C=C[C@@H]45)[C@@]3(C)C(OC(C)=O)[C@H](OC(C)=O)[C@@]2(C)[C@]2(C(=O)OC)O[C@H]12. The van der Waals surface area contributed by atoms with E-state index in [-0.39, 0.29) is 6.42 Å². The van der Waals surface area contributed by atoms with Gasteiger partial charge in [0.2, 0.25) is 5.60 Å². The van der Waals surface area contributed by atoms with Crippen molar-refractivity contribution in [2.75, 3.05) is 13.7 Å². The van der Waals surface area contributed by atoms with Gasteiger partial charge >= 0.3 is 41.8 Å². The first-order valence-electron chi connectivity index (χ1n) is 18.5. The van der Waals surface area contributed by atoms with E-state index in [2.05, 4.69) is 6.58 Å². The van der Waals surface area contributed by atoms with Gasteiger partial charge in [-0.1, -0.05) is 38.7 Å². The molecule has 56 heavy (non-hydrogen) atoms. The van der Waals surface area contributed by atoms with Crippen LogP contribution < -0.4 is 0 Å². The quantitative estimate of drug-likeness (QED) is 0.169. The molecule has 15 atom stereocenters. The lowest BCUT2D eigenvalue weighted by molar-refractivity contribution is -0.334. The number of rotatable bonds is 7. The highest BCUT2D eigenvalue weighted by atomic mass is 16.7. The summed E-state index contributed by atoms with van der Waals surface area (Å²) in [7, 11) is 1.15. The molecular weight excluding hydrogens is 736 g/mol. The molecule has 16 heteroatoms. The van der Waals surface area contributed by atoms with Gasteiger partial charge in [-0.15, -0.1) is 0 Å². The van der Waals surface area contributed by atoms with E-state index in [0.717, 1.165) is 34.8 Å². The highest BCUT2D eigenvalue weighted by molar-refractivity contribution is 5.87. The number of aliphatic hydroxyl groups is 1. The van der Waals surface area contributed by atoms with Crippen molar-refractivity contribution in [1.82, 2.24) is 0 Å². The van der Waals surface area contributed by atoms with Crippen LogP contribution in [0.4, 0.5) is 0 Å². The zero-order chi connectivity index (χ0) is 41.7. The van der Waals surface area contributed by atoms with Gasteiger partial charge in [0.1, 0.15) is 31.0 Å². The zero-order valence-corrected chi connectivity index (χ0v) is 33.2. The molecule has 2 unspecified atom stereocenters. The van der Waals surface area contributed by atoms with Gasteiger partial charge in [-0.3, -0.25) is 24.0 Å². The maximum atomic E-state index is 13.9. The summed E-state index contributed by atoms with van der Waals surface area (Å²) in [5.41, 5.74) is -10.2. The summed E-state index contributed by atoms with van der Waals surface area (Å²) in [4.78, 5) is 92.6. The number of allylic oxidation sites excluding steroid dienone is 2. The summed E-state index contributed by atoms with van der Waals surface area (Å²) in [6.45, 7) is 16.0. The zero-order valence-electron chi connectivity index (χ0n) is 33.2. The van der Waals surface area contributed by atoms with Crippen molar-refractivity contribution >= 4 is 41.8 Å². The van der Waals surface area contributed by atoms with Gasteiger partial charge < -0.3 is 43.0 Å². The molecule has 306 valence electrons. The molecule has 0 amide bonds. The summed E-state index contributed by atoms with van der Waals surface area (Å²) in [6, 6.07) is 0. The van der Waals surface area contributed by atoms with E-state index < -0.39 is 136 Å². The Balaban J connectivity index is 1.75. The lowest BCUT2D eigenvalue weighted by atomic mass is 9.33. The lowest BCUT2D eigenvalue weighted by Gasteiger charge is -2.73. The molecule has 0 bridgehead atoms. The van der Waals surface area contributed by atoms with Gasteiger partial charge in [0.25, 0.3) is 0 Å². The van der Waals surface area contributed by atoms with Crippen LogP contribution in [-0.2, 0) is 71.5 Å². The van der Waals surface area contributed by atoms with Crippen molar-refractivity contribution in [3.05, 3.63) is 36.5 Å². The fourth-order valence-corrected chi connectivity index (χ4v) is 12.0. The van der Waals surface area contributed by atoms with Gasteiger partial charge in [0, 0.05) is 70.3 Å². The topological polar surface area (TPSA) is 217 Å². The standard InChI is InChI=1S/C40H50O16/c1-18-16-39(48)26-14-15-35(8)25-12-13-27(46)50-17-38(25,19(2)51-20(3)41)31(53-22(5)43)28(52-21(4)42)29(35)36(26,9)32(54-23(6)44)33(55-24(7)45)37(39,10)40(30(18)56-40)34(47)49-11/h12-15,19,25-26,28-33,48H,1,16-17H2,2-11H3/t19?,25-,26+,28-,29-,30+,31-,32?,33-,35-,36-,37+,38+,39+,40-/m0/s1. The summed E-state index contributed by atoms with van der Waals surface area (Å²) in [6.07, 6.45) is -2.20. The van der Waals surface area contributed by atoms with Crippen LogP contribution in [0.1, 0.15) is 68.7 Å². The molecule has 1 N–H and O–H groups in total. The van der Waals surface area contributed by atoms with E-state index in [1.165, 1.54) is 19.9 Å². The Morgan fingerprint density at radius 2 is 1.41 bits per heavy atom. The van der Waals surface area contributed by atoms with Crippen molar-refractivity contribution in [1.29, 1.82) is 0 Å². The molecule has 4 fully saturated rings. The highest BCUT2D eigenvalue weighted by Crippen LogP contribution is 2.77. The third-order valence-corrected chi connectivity index (χ3v) is 13.8. The first kappa shape index (κ1) is 41.1. The predicted molar refractivity (Wildman–Crippen MR) is 188 cm³/mol. The van der Waals surface area contributed by atoms with E-state index in [4.69, 9.17) is 37.9 Å². The van der Waals surface area contributed by atoms with E-state index in [9.17, 15) is 38.7 Å². The lowest BCUT2D eigenvalue weighted by Crippen LogP contribution is -2.83. The fourth-order valence-electron chi connectivity index (χ4n) is 12.0. The Morgan fingerprint density at radius 3 is 1.96 bits per heavy atom. The molecule has 6 aliphatic rings. The second kappa shape index (κ2) is 13.3. The first-order chi connectivity index (χ1) is 25.9. The minimum absolute atomic E-state index is 0.184. The molecular formula is C40H50O16. The maximum absolute atomic E-state index is 13.9. The summed E-state index contributed by atoms with van der Waals surface area (Å²) in [5.74, 6) is -8.83. The average molecular weight is 787 g/mol. The number of epoxide rings is 1. The number of cyclic esters (lactones) is 1. The molecule has 0 aromatic carbocycles. The van der Waals surface area contributed by atoms with Crippen LogP contribution in [0.15, 0.2) is 36.5 Å². The van der Waals surface area contributed by atoms with Crippen LogP contribution in [0.2, 0.25) is 0 Å². The number of fused-ring (bicyclic) bond motifs is 9. The number of carbonyl (C=O) groups excluding carboxylic acids is 7. The van der Waals surface area contributed by atoms with Crippen molar-refractivity contribution < 1.29 is 76.6 Å². The molecule has 1 saturated heterocycles. The molecule has 0 radical (unpaired) electrons. The number of ether oxygens (including phenoxy) is 8. The largest absolute Gasteiger partial charge is 0.467 e. The molecule has 0 aromatic heterocycles. The molecule has 2 aliphatic heterocycles. The van der Waals surface area contributed by atoms with Gasteiger partial charge in [-0.2, -0.15) is 0 Å². The van der Waals surface area contributed by atoms with Gasteiger partial charge in [-0.05, 0) is 24.8 Å². The van der Waals surface area contributed by atoms with E-state index in [0.29, 0.717) is 5.57 Å². The minimum Gasteiger partial charge on any atom is -0.467 e. The molecule has 16 nitrogen and oxygen atoms in total. The Hall–Kier alpha value is -4.57. The van der Waals surface area contributed by atoms with Crippen LogP contribution in [0.5, 0.6) is 0 Å². The Morgan fingerprint density at radius 1 is 0.839 bits per heavy atom. The monoisotopic (exact) mass is 786 g/mol. The number of hydrogen-bond donors (Lipinski definition) is 1. The number of esters is 7. The second-order valence-electron chi connectivity index (χ2n) is 16.7. The van der Waals surface area contributed by atoms with E-state index in [1.807, 2.05) is 0 Å². The van der Waals surface area contributed by atoms with Crippen LogP contribution in [0.25, 0.3) is 0 Å². The Labute approximate surface area is 324 Å². The van der Waals surface area contributed by atoms with Crippen molar-refractivity contribution in [3.63, 3.8) is 0 Å². The Kier molecular flexibility index (Phi) is 9.72. The molecule has 6 rings (SSSR count). The van der Waals surface area contributed by atoms with Gasteiger partial charge in [-0.25, -0.2) is 9.59 Å². The third kappa shape index (κ3) is 5.26. The highest BCUT2D eigenvalue weighted by Gasteiger charge is 2.90. The van der Waals surface area contributed by atoms with Crippen molar-refractivity contribution in [2.45, 2.75) is 117 Å². The van der Waals surface area contributed by atoms with Gasteiger partial charge in [0.15, 0.2) is 12.2 Å². The number of hydrogen-bond acceptors (Lipinski definition) is 16. The average Bonchev–Trinajstić information content (AvgIpc) is 3.87. The van der Waals surface area contributed by atoms with Crippen molar-refractivity contribution in [3.8, 4) is 0 Å².